The van der Waals surface area contributed by atoms with Gasteiger partial charge in [-0.25, -0.2) is 13.6 Å². The number of thiophene rings is 1. The second kappa shape index (κ2) is 6.28. The number of nitrogens with two attached hydrogens (primary N) is 1. The predicted octanol–water partition coefficient (Wildman–Crippen LogP) is 1.68. The van der Waals surface area contributed by atoms with Crippen LogP contribution in [0.2, 0.25) is 0 Å². The van der Waals surface area contributed by atoms with Gasteiger partial charge in [-0.05, 0) is 44.3 Å². The van der Waals surface area contributed by atoms with Gasteiger partial charge in [-0.15, -0.1) is 11.3 Å². The molecule has 5 nitrogen and oxygen atoms in total. The summed E-state index contributed by atoms with van der Waals surface area (Å²) in [5, 5.41) is 7.46. The molecule has 17 heavy (non-hydrogen) atoms. The van der Waals surface area contributed by atoms with E-state index in [1.807, 2.05) is 0 Å². The van der Waals surface area contributed by atoms with Crippen molar-refractivity contribution in [1.82, 2.24) is 5.32 Å². The summed E-state index contributed by atoms with van der Waals surface area (Å²) in [6, 6.07) is 1.70. The van der Waals surface area contributed by atoms with E-state index < -0.39 is 10.0 Å². The second-order valence-electron chi connectivity index (χ2n) is 3.21. The monoisotopic (exact) mass is 404 g/mol. The molecule has 0 radical (unpaired) electrons. The Morgan fingerprint density at radius 3 is 2.59 bits per heavy atom. The molecule has 3 N–H and O–H groups in total. The molecule has 1 aromatic rings. The van der Waals surface area contributed by atoms with Gasteiger partial charge in [-0.3, -0.25) is 4.79 Å². The third kappa shape index (κ3) is 5.47. The Bertz CT molecular complexity index is 493. The number of hydrogen-bond acceptors (Lipinski definition) is 4. The number of primary sulfonamides is 1. The van der Waals surface area contributed by atoms with Crippen molar-refractivity contribution >= 4 is 59.1 Å². The molecule has 1 heterocycles. The fraction of sp³-hybridized carbons (Fsp3) is 0.375. The molecule has 0 saturated carbocycles. The zero-order valence-electron chi connectivity index (χ0n) is 8.57. The fourth-order valence-electron chi connectivity index (χ4n) is 1.02. The Morgan fingerprint density at radius 1 is 1.47 bits per heavy atom. The minimum absolute atomic E-state index is 0.134. The lowest BCUT2D eigenvalue weighted by molar-refractivity contribution is 0.0957. The Balaban J connectivity index is 2.40. The highest BCUT2D eigenvalue weighted by molar-refractivity contribution is 9.13. The molecule has 1 amide bonds. The molecule has 1 aromatic heterocycles. The van der Waals surface area contributed by atoms with Crippen LogP contribution in [0.4, 0.5) is 0 Å². The first-order valence-electron chi connectivity index (χ1n) is 4.53. The summed E-state index contributed by atoms with van der Waals surface area (Å²) >= 11 is 7.87. The maximum atomic E-state index is 11.6. The van der Waals surface area contributed by atoms with Gasteiger partial charge in [0.1, 0.15) is 0 Å². The number of hydrogen-bond donors (Lipinski definition) is 2. The lowest BCUT2D eigenvalue weighted by Crippen LogP contribution is -2.26. The number of rotatable bonds is 5. The van der Waals surface area contributed by atoms with Crippen molar-refractivity contribution in [3.05, 3.63) is 19.2 Å². The van der Waals surface area contributed by atoms with E-state index in [0.717, 1.165) is 8.26 Å². The Hall–Kier alpha value is 0.0400. The second-order valence-corrected chi connectivity index (χ2v) is 8.17. The van der Waals surface area contributed by atoms with E-state index in [0.29, 0.717) is 11.3 Å². The van der Waals surface area contributed by atoms with Gasteiger partial charge in [0.2, 0.25) is 10.0 Å². The predicted molar refractivity (Wildman–Crippen MR) is 74.6 cm³/mol. The summed E-state index contributed by atoms with van der Waals surface area (Å²) in [5.41, 5.74) is 0. The lowest BCUT2D eigenvalue weighted by atomic mass is 10.4. The van der Waals surface area contributed by atoms with Crippen LogP contribution < -0.4 is 10.5 Å². The van der Waals surface area contributed by atoms with Crippen LogP contribution in [0.5, 0.6) is 0 Å². The van der Waals surface area contributed by atoms with Gasteiger partial charge in [0.05, 0.1) is 14.4 Å². The maximum absolute atomic E-state index is 11.6. The third-order valence-electron chi connectivity index (χ3n) is 1.76. The van der Waals surface area contributed by atoms with Gasteiger partial charge < -0.3 is 5.32 Å². The summed E-state index contributed by atoms with van der Waals surface area (Å²) in [5.74, 6) is -0.360. The Morgan fingerprint density at radius 2 is 2.12 bits per heavy atom. The van der Waals surface area contributed by atoms with E-state index >= 15 is 0 Å². The highest BCUT2D eigenvalue weighted by Gasteiger charge is 2.11. The molecule has 0 unspecified atom stereocenters. The summed E-state index contributed by atoms with van der Waals surface area (Å²) < 4.78 is 23.0. The molecule has 0 aromatic carbocycles. The first-order valence-corrected chi connectivity index (χ1v) is 8.65. The number of sulfonamides is 1. The molecule has 9 heteroatoms. The van der Waals surface area contributed by atoms with Gasteiger partial charge in [0.25, 0.3) is 5.91 Å². The summed E-state index contributed by atoms with van der Waals surface area (Å²) in [6.45, 7) is 0.280. The molecular formula is C8H10Br2N2O3S2. The number of carbonyl (C=O) groups is 1. The molecule has 0 spiro atoms. The fourth-order valence-corrected chi connectivity index (χ4v) is 3.52. The van der Waals surface area contributed by atoms with Crippen molar-refractivity contribution in [3.63, 3.8) is 0 Å². The van der Waals surface area contributed by atoms with Crippen LogP contribution in [0.3, 0.4) is 0 Å². The minimum atomic E-state index is -3.45. The first-order chi connectivity index (χ1) is 7.79. The van der Waals surface area contributed by atoms with Crippen LogP contribution in [-0.4, -0.2) is 26.6 Å². The van der Waals surface area contributed by atoms with Crippen LogP contribution in [0.1, 0.15) is 16.1 Å². The van der Waals surface area contributed by atoms with Crippen molar-refractivity contribution in [2.45, 2.75) is 6.42 Å². The average molecular weight is 406 g/mol. The molecule has 0 aliphatic rings. The van der Waals surface area contributed by atoms with E-state index in [9.17, 15) is 13.2 Å². The van der Waals surface area contributed by atoms with Crippen LogP contribution in [0.25, 0.3) is 0 Å². The maximum Gasteiger partial charge on any atom is 0.261 e. The van der Waals surface area contributed by atoms with Crippen LogP contribution in [-0.2, 0) is 10.0 Å². The highest BCUT2D eigenvalue weighted by Crippen LogP contribution is 2.32. The smallest absolute Gasteiger partial charge is 0.261 e. The van der Waals surface area contributed by atoms with Crippen molar-refractivity contribution in [3.8, 4) is 0 Å². The Labute approximate surface area is 120 Å². The zero-order chi connectivity index (χ0) is 13.1. The van der Waals surface area contributed by atoms with Crippen LogP contribution >= 0.6 is 43.2 Å². The van der Waals surface area contributed by atoms with Gasteiger partial charge in [0, 0.05) is 11.0 Å². The minimum Gasteiger partial charge on any atom is -0.351 e. The molecule has 0 bridgehead atoms. The molecule has 0 aliphatic carbocycles. The Kier molecular flexibility index (Phi) is 5.58. The van der Waals surface area contributed by atoms with Gasteiger partial charge in [-0.1, -0.05) is 0 Å². The van der Waals surface area contributed by atoms with Crippen molar-refractivity contribution < 1.29 is 13.2 Å². The molecule has 0 aliphatic heterocycles. The van der Waals surface area contributed by atoms with Crippen molar-refractivity contribution in [2.75, 3.05) is 12.3 Å². The quantitative estimate of drug-likeness (QED) is 0.730. The molecule has 0 saturated heterocycles. The van der Waals surface area contributed by atoms with Gasteiger partial charge in [0.15, 0.2) is 0 Å². The average Bonchev–Trinajstić information content (AvgIpc) is 2.52. The largest absolute Gasteiger partial charge is 0.351 e. The first kappa shape index (κ1) is 15.1. The number of amides is 1. The SMILES string of the molecule is NS(=O)(=O)CCCNC(=O)c1cc(Br)c(Br)s1. The topological polar surface area (TPSA) is 89.3 Å². The van der Waals surface area contributed by atoms with Gasteiger partial charge >= 0.3 is 0 Å². The molecule has 0 atom stereocenters. The van der Waals surface area contributed by atoms with Gasteiger partial charge in [-0.2, -0.15) is 0 Å². The third-order valence-corrected chi connectivity index (χ3v) is 5.87. The number of carbonyl (C=O) groups excluding carboxylic acids is 1. The standard InChI is InChI=1S/C8H10Br2N2O3S2/c9-5-4-6(16-7(5)10)8(13)12-2-1-3-17(11,14)15/h4H,1-3H2,(H,12,13)(H2,11,14,15). The van der Waals surface area contributed by atoms with E-state index in [1.165, 1.54) is 11.3 Å². The summed E-state index contributed by atoms with van der Waals surface area (Å²) in [7, 11) is -3.45. The lowest BCUT2D eigenvalue weighted by Gasteiger charge is -2.02. The molecular weight excluding hydrogens is 396 g/mol. The molecule has 96 valence electrons. The molecule has 0 fully saturated rings. The number of nitrogens with one attached hydrogen (secondary N) is 1. The summed E-state index contributed by atoms with van der Waals surface area (Å²) in [4.78, 5) is 12.2. The van der Waals surface area contributed by atoms with Crippen molar-refractivity contribution in [2.24, 2.45) is 5.14 Å². The van der Waals surface area contributed by atoms with E-state index in [1.54, 1.807) is 6.07 Å². The van der Waals surface area contributed by atoms with Crippen molar-refractivity contribution in [1.29, 1.82) is 0 Å². The summed E-state index contributed by atoms with van der Waals surface area (Å²) in [6.07, 6.45) is 0.304. The molecule has 1 rings (SSSR count). The van der Waals surface area contributed by atoms with E-state index in [-0.39, 0.29) is 18.2 Å². The highest BCUT2D eigenvalue weighted by atomic mass is 79.9. The van der Waals surface area contributed by atoms with Crippen LogP contribution in [0, 0.1) is 0 Å². The normalized spacial score (nSPS) is 11.5. The zero-order valence-corrected chi connectivity index (χ0v) is 13.4. The van der Waals surface area contributed by atoms with E-state index in [2.05, 4.69) is 37.2 Å². The van der Waals surface area contributed by atoms with E-state index in [4.69, 9.17) is 5.14 Å². The number of halogens is 2. The van der Waals surface area contributed by atoms with Crippen LogP contribution in [0.15, 0.2) is 14.3 Å².